The summed E-state index contributed by atoms with van der Waals surface area (Å²) in [5.41, 5.74) is 8.66. The third kappa shape index (κ3) is 3.86. The lowest BCUT2D eigenvalue weighted by Crippen LogP contribution is -2.06. The monoisotopic (exact) mass is 637 g/mol. The molecule has 1 N–H and O–H groups in total. The van der Waals surface area contributed by atoms with E-state index in [2.05, 4.69) is 143 Å². The van der Waals surface area contributed by atoms with E-state index in [4.69, 9.17) is 15.0 Å². The second-order valence-corrected chi connectivity index (χ2v) is 12.9. The summed E-state index contributed by atoms with van der Waals surface area (Å²) in [4.78, 5) is 19.2. The number of hydrogen-bond donors (Lipinski definition) is 1. The molecule has 0 spiro atoms. The first-order valence-electron chi connectivity index (χ1n) is 16.9. The second-order valence-electron chi connectivity index (χ2n) is 12.9. The molecule has 0 saturated heterocycles. The fourth-order valence-corrected chi connectivity index (χ4v) is 7.93. The summed E-state index contributed by atoms with van der Waals surface area (Å²) in [7, 11) is 0. The van der Waals surface area contributed by atoms with Crippen LogP contribution in [0, 0.1) is 0 Å². The van der Waals surface area contributed by atoms with E-state index in [1.807, 2.05) is 24.3 Å². The number of nitrogens with zero attached hydrogens (tertiary/aromatic N) is 4. The quantitative estimate of drug-likeness (QED) is 0.195. The SMILES string of the molecule is c1ccc(-c2ccc(-c3nc(-c4ccccc4)nc(-n4c5cccc6c7ccc8c9ccccc9[nH]c8c7c7cccc4c7c65)n3)cc2)cc1. The number of rotatable bonds is 4. The van der Waals surface area contributed by atoms with Gasteiger partial charge in [-0.25, -0.2) is 4.98 Å². The molecule has 0 aliphatic rings. The van der Waals surface area contributed by atoms with Crippen molar-refractivity contribution in [3.63, 3.8) is 0 Å². The molecule has 0 atom stereocenters. The van der Waals surface area contributed by atoms with Crippen LogP contribution in [0.25, 0.3) is 105 Å². The first-order chi connectivity index (χ1) is 24.8. The van der Waals surface area contributed by atoms with E-state index >= 15 is 0 Å². The van der Waals surface area contributed by atoms with Crippen LogP contribution in [0.5, 0.6) is 0 Å². The molecule has 8 aromatic carbocycles. The fraction of sp³-hybridized carbons (Fsp3) is 0. The molecule has 0 fully saturated rings. The Bertz CT molecular complexity index is 3070. The van der Waals surface area contributed by atoms with Crippen LogP contribution in [-0.4, -0.2) is 24.5 Å². The summed E-state index contributed by atoms with van der Waals surface area (Å²) >= 11 is 0. The summed E-state index contributed by atoms with van der Waals surface area (Å²) in [6.07, 6.45) is 0. The minimum atomic E-state index is 0.594. The normalized spacial score (nSPS) is 12.0. The predicted molar refractivity (Wildman–Crippen MR) is 206 cm³/mol. The van der Waals surface area contributed by atoms with E-state index in [1.54, 1.807) is 0 Å². The zero-order chi connectivity index (χ0) is 32.8. The van der Waals surface area contributed by atoms with Crippen molar-refractivity contribution in [3.05, 3.63) is 158 Å². The number of nitrogens with one attached hydrogen (secondary N) is 1. The first kappa shape index (κ1) is 27.1. The maximum absolute atomic E-state index is 5.22. The highest BCUT2D eigenvalue weighted by Gasteiger charge is 2.23. The van der Waals surface area contributed by atoms with Crippen molar-refractivity contribution in [1.29, 1.82) is 0 Å². The van der Waals surface area contributed by atoms with Gasteiger partial charge in [-0.05, 0) is 45.5 Å². The van der Waals surface area contributed by atoms with Gasteiger partial charge in [-0.2, -0.15) is 9.97 Å². The molecule has 5 heteroatoms. The van der Waals surface area contributed by atoms with Gasteiger partial charge >= 0.3 is 0 Å². The Morgan fingerprint density at radius 1 is 0.360 bits per heavy atom. The van der Waals surface area contributed by atoms with Crippen LogP contribution >= 0.6 is 0 Å². The number of hydrogen-bond acceptors (Lipinski definition) is 3. The van der Waals surface area contributed by atoms with Gasteiger partial charge in [0, 0.05) is 43.6 Å². The van der Waals surface area contributed by atoms with E-state index < -0.39 is 0 Å². The van der Waals surface area contributed by atoms with E-state index in [1.165, 1.54) is 54.2 Å². The van der Waals surface area contributed by atoms with E-state index in [9.17, 15) is 0 Å². The molecule has 11 aromatic rings. The summed E-state index contributed by atoms with van der Waals surface area (Å²) in [6.45, 7) is 0. The van der Waals surface area contributed by atoms with Crippen LogP contribution in [0.2, 0.25) is 0 Å². The molecule has 0 radical (unpaired) electrons. The molecular formula is C45H27N5. The zero-order valence-corrected chi connectivity index (χ0v) is 26.8. The molecule has 3 heterocycles. The summed E-state index contributed by atoms with van der Waals surface area (Å²) in [6, 6.07) is 55.4. The van der Waals surface area contributed by atoms with E-state index in [-0.39, 0.29) is 0 Å². The van der Waals surface area contributed by atoms with Gasteiger partial charge in [-0.1, -0.05) is 140 Å². The van der Waals surface area contributed by atoms with E-state index in [0.717, 1.165) is 33.2 Å². The summed E-state index contributed by atoms with van der Waals surface area (Å²) < 4.78 is 2.22. The summed E-state index contributed by atoms with van der Waals surface area (Å²) in [5.74, 6) is 1.86. The Labute approximate surface area is 286 Å². The molecule has 0 amide bonds. The average molecular weight is 638 g/mol. The molecule has 3 aromatic heterocycles. The first-order valence-corrected chi connectivity index (χ1v) is 16.9. The molecular weight excluding hydrogens is 611 g/mol. The average Bonchev–Trinajstić information content (AvgIpc) is 3.74. The number of H-pyrrole nitrogens is 1. The van der Waals surface area contributed by atoms with Gasteiger partial charge in [0.1, 0.15) is 0 Å². The van der Waals surface area contributed by atoms with Gasteiger partial charge in [0.2, 0.25) is 5.95 Å². The molecule has 0 unspecified atom stereocenters. The predicted octanol–water partition coefficient (Wildman–Crippen LogP) is 11.3. The maximum atomic E-state index is 5.22. The zero-order valence-electron chi connectivity index (χ0n) is 26.8. The molecule has 50 heavy (non-hydrogen) atoms. The Kier molecular flexibility index (Phi) is 5.60. The van der Waals surface area contributed by atoms with E-state index in [0.29, 0.717) is 17.6 Å². The molecule has 5 nitrogen and oxygen atoms in total. The number of para-hydroxylation sites is 1. The smallest absolute Gasteiger partial charge is 0.238 e. The van der Waals surface area contributed by atoms with Crippen LogP contribution in [0.1, 0.15) is 0 Å². The minimum absolute atomic E-state index is 0.594. The Hall–Kier alpha value is -6.85. The molecule has 0 aliphatic carbocycles. The van der Waals surface area contributed by atoms with Crippen LogP contribution in [-0.2, 0) is 0 Å². The van der Waals surface area contributed by atoms with Crippen molar-refractivity contribution < 1.29 is 0 Å². The van der Waals surface area contributed by atoms with Gasteiger partial charge in [-0.3, -0.25) is 4.57 Å². The lowest BCUT2D eigenvalue weighted by Gasteiger charge is -2.11. The molecule has 0 saturated carbocycles. The standard InChI is InChI=1S/C45H27N5/c1-3-11-27(12-4-1)28-21-23-30(24-22-28)44-47-43(29-13-5-2-6-14-29)48-45(49-44)50-37-19-9-16-32-33-25-26-34-31-15-7-8-18-36(31)46-42(34)39(33)35-17-10-20-38(50)41(35)40(32)37/h1-26,46H. The van der Waals surface area contributed by atoms with Crippen molar-refractivity contribution in [1.82, 2.24) is 24.5 Å². The fourth-order valence-electron chi connectivity index (χ4n) is 7.93. The third-order valence-corrected chi connectivity index (χ3v) is 10.2. The Balaban J connectivity index is 1.20. The van der Waals surface area contributed by atoms with Crippen LogP contribution in [0.3, 0.4) is 0 Å². The lowest BCUT2D eigenvalue weighted by atomic mass is 9.93. The van der Waals surface area contributed by atoms with Gasteiger partial charge in [0.25, 0.3) is 0 Å². The lowest BCUT2D eigenvalue weighted by molar-refractivity contribution is 0.954. The Morgan fingerprint density at radius 3 is 1.62 bits per heavy atom. The topological polar surface area (TPSA) is 59.4 Å². The number of fused-ring (bicyclic) bond motifs is 7. The van der Waals surface area contributed by atoms with Gasteiger partial charge < -0.3 is 4.98 Å². The van der Waals surface area contributed by atoms with Crippen molar-refractivity contribution >= 4 is 65.2 Å². The van der Waals surface area contributed by atoms with Crippen LogP contribution in [0.15, 0.2) is 158 Å². The van der Waals surface area contributed by atoms with Crippen molar-refractivity contribution in [3.8, 4) is 39.9 Å². The number of aromatic nitrogens is 5. The molecule has 11 rings (SSSR count). The number of benzene rings is 8. The van der Waals surface area contributed by atoms with Gasteiger partial charge in [0.15, 0.2) is 11.6 Å². The highest BCUT2D eigenvalue weighted by molar-refractivity contribution is 6.38. The summed E-state index contributed by atoms with van der Waals surface area (Å²) in [5, 5.41) is 9.81. The van der Waals surface area contributed by atoms with Crippen molar-refractivity contribution in [2.75, 3.05) is 0 Å². The van der Waals surface area contributed by atoms with Gasteiger partial charge in [0.05, 0.1) is 16.6 Å². The second kappa shape index (κ2) is 10.3. The largest absolute Gasteiger partial charge is 0.354 e. The molecule has 0 bridgehead atoms. The highest BCUT2D eigenvalue weighted by Crippen LogP contribution is 2.46. The maximum Gasteiger partial charge on any atom is 0.238 e. The van der Waals surface area contributed by atoms with Crippen LogP contribution in [0.4, 0.5) is 0 Å². The van der Waals surface area contributed by atoms with Gasteiger partial charge in [-0.15, -0.1) is 0 Å². The molecule has 232 valence electrons. The minimum Gasteiger partial charge on any atom is -0.354 e. The van der Waals surface area contributed by atoms with Crippen molar-refractivity contribution in [2.24, 2.45) is 0 Å². The molecule has 0 aliphatic heterocycles. The highest BCUT2D eigenvalue weighted by atomic mass is 15.2. The van der Waals surface area contributed by atoms with Crippen LogP contribution < -0.4 is 0 Å². The Morgan fingerprint density at radius 2 is 0.880 bits per heavy atom. The number of aromatic amines is 1. The third-order valence-electron chi connectivity index (χ3n) is 10.2. The van der Waals surface area contributed by atoms with Crippen molar-refractivity contribution in [2.45, 2.75) is 0 Å².